The molecular formula is C53H55ClFN11O3. The van der Waals surface area contributed by atoms with E-state index in [0.29, 0.717) is 41.7 Å². The number of hydrogen-bond acceptors (Lipinski definition) is 8. The van der Waals surface area contributed by atoms with E-state index < -0.39 is 0 Å². The number of amides is 3. The molecule has 0 unspecified atom stereocenters. The molecule has 0 aliphatic carbocycles. The van der Waals surface area contributed by atoms with Crippen molar-refractivity contribution in [1.29, 1.82) is 0 Å². The van der Waals surface area contributed by atoms with Gasteiger partial charge in [-0.1, -0.05) is 80.9 Å². The van der Waals surface area contributed by atoms with Gasteiger partial charge in [0.15, 0.2) is 17.5 Å². The van der Waals surface area contributed by atoms with Crippen molar-refractivity contribution in [2.45, 2.75) is 59.3 Å². The summed E-state index contributed by atoms with van der Waals surface area (Å²) in [6, 6.07) is 37.9. The van der Waals surface area contributed by atoms with Crippen molar-refractivity contribution in [3.63, 3.8) is 0 Å². The van der Waals surface area contributed by atoms with Gasteiger partial charge in [0.25, 0.3) is 0 Å². The van der Waals surface area contributed by atoms with Crippen LogP contribution in [-0.4, -0.2) is 62.4 Å². The molecule has 0 bridgehead atoms. The second-order valence-corrected chi connectivity index (χ2v) is 17.0. The summed E-state index contributed by atoms with van der Waals surface area (Å²) in [5.74, 6) is 1.24. The Morgan fingerprint density at radius 1 is 0.536 bits per heavy atom. The molecule has 14 nitrogen and oxygen atoms in total. The second-order valence-electron chi connectivity index (χ2n) is 16.6. The molecule has 3 amide bonds. The van der Waals surface area contributed by atoms with Crippen LogP contribution in [0.3, 0.4) is 0 Å². The lowest BCUT2D eigenvalue weighted by atomic mass is 10.0. The van der Waals surface area contributed by atoms with Crippen molar-refractivity contribution in [2.75, 3.05) is 40.7 Å². The number of nitrogens with one attached hydrogen (secondary N) is 6. The number of hydrogen-bond donors (Lipinski definition) is 7. The van der Waals surface area contributed by atoms with Gasteiger partial charge in [0.2, 0.25) is 17.7 Å². The van der Waals surface area contributed by atoms with Gasteiger partial charge in [0, 0.05) is 66.5 Å². The summed E-state index contributed by atoms with van der Waals surface area (Å²) < 4.78 is 13.1. The maximum atomic E-state index is 13.1. The largest absolute Gasteiger partial charge is 0.399 e. The number of halogens is 2. The molecule has 0 aliphatic heterocycles. The number of carbonyl (C=O) groups excluding carboxylic acids is 3. The van der Waals surface area contributed by atoms with Crippen LogP contribution < -0.4 is 26.6 Å². The van der Waals surface area contributed by atoms with Crippen molar-refractivity contribution in [3.8, 4) is 33.4 Å². The lowest BCUT2D eigenvalue weighted by Gasteiger charge is -2.12. The molecule has 0 fully saturated rings. The molecule has 0 saturated heterocycles. The smallest absolute Gasteiger partial charge is 0.225 e. The van der Waals surface area contributed by atoms with Gasteiger partial charge in [-0.2, -0.15) is 15.3 Å². The summed E-state index contributed by atoms with van der Waals surface area (Å²) in [7, 11) is 4.06. The van der Waals surface area contributed by atoms with E-state index in [1.54, 1.807) is 18.2 Å². The number of carbonyl (C=O) groups is 3. The first-order chi connectivity index (χ1) is 33.3. The van der Waals surface area contributed by atoms with Crippen LogP contribution in [0.25, 0.3) is 66.1 Å². The zero-order chi connectivity index (χ0) is 49.0. The number of nitrogens with two attached hydrogens (primary N) is 1. The van der Waals surface area contributed by atoms with E-state index in [-0.39, 0.29) is 23.5 Å². The molecule has 8 N–H and O–H groups in total. The third kappa shape index (κ3) is 12.3. The lowest BCUT2D eigenvalue weighted by molar-refractivity contribution is -0.117. The quantitative estimate of drug-likeness (QED) is 0.0553. The lowest BCUT2D eigenvalue weighted by Crippen LogP contribution is -2.11. The molecule has 354 valence electrons. The molecule has 3 aromatic heterocycles. The standard InChI is InChI=1S/C19H22N4O.C17H15ClFN3O.C17H18N4O/c1-4-5-18(24)20-19-16-11-8-14(12-17(16)21-22-19)13-6-9-15(10-7-13)23(2)3;1-2-3-16(23)20-17-13-8-12(10-4-6-11(19)7-5-10)14(18)9-15(13)21-22-17;1-2-3-16(22)19-17-14-9-6-12(10-15(14)20-21-17)11-4-7-13(18)8-5-11/h6-12H,4-5H2,1-3H3,(H2,20,21,22,24);4-9H,2-3H2,1H3,(H2,20,21,22,23);4-10H,2-3,18H2,1H3,(H2,19,20,21,22). The Bertz CT molecular complexity index is 3200. The molecule has 0 radical (unpaired) electrons. The van der Waals surface area contributed by atoms with Gasteiger partial charge in [-0.25, -0.2) is 4.39 Å². The number of rotatable bonds is 13. The molecule has 3 heterocycles. The number of anilines is 5. The first-order valence-electron chi connectivity index (χ1n) is 22.8. The molecule has 9 aromatic rings. The molecule has 6 aromatic carbocycles. The third-order valence-electron chi connectivity index (χ3n) is 11.1. The minimum atomic E-state index is -0.304. The summed E-state index contributed by atoms with van der Waals surface area (Å²) in [5, 5.41) is 33.0. The highest BCUT2D eigenvalue weighted by atomic mass is 35.5. The fourth-order valence-electron chi connectivity index (χ4n) is 7.47. The Balaban J connectivity index is 0.000000153. The zero-order valence-electron chi connectivity index (χ0n) is 39.1. The number of benzene rings is 6. The fourth-order valence-corrected chi connectivity index (χ4v) is 7.74. The number of aromatic nitrogens is 6. The fraction of sp³-hybridized carbons (Fsp3) is 0.208. The highest BCUT2D eigenvalue weighted by Gasteiger charge is 2.15. The van der Waals surface area contributed by atoms with E-state index in [1.807, 2.05) is 89.5 Å². The molecule has 0 spiro atoms. The molecule has 9 rings (SSSR count). The molecule has 0 saturated carbocycles. The number of aromatic amines is 3. The minimum absolute atomic E-state index is 0.00532. The van der Waals surface area contributed by atoms with Crippen LogP contribution in [-0.2, 0) is 14.4 Å². The van der Waals surface area contributed by atoms with Crippen LogP contribution in [0.15, 0.2) is 121 Å². The average Bonchev–Trinajstić information content (AvgIpc) is 4.06. The van der Waals surface area contributed by atoms with E-state index in [9.17, 15) is 18.8 Å². The SMILES string of the molecule is CCCC(=O)Nc1n[nH]c2cc(-c3ccc(N(C)C)cc3)ccc12.CCCC(=O)Nc1n[nH]c2cc(-c3ccc(N)cc3)ccc12.CCCC(=O)Nc1n[nH]c2cc(Cl)c(-c3ccc(F)cc3)cc12. The Morgan fingerprint density at radius 2 is 0.928 bits per heavy atom. The number of fused-ring (bicyclic) bond motifs is 3. The van der Waals surface area contributed by atoms with Gasteiger partial charge in [-0.15, -0.1) is 0 Å². The molecule has 69 heavy (non-hydrogen) atoms. The van der Waals surface area contributed by atoms with E-state index in [0.717, 1.165) is 91.0 Å². The summed E-state index contributed by atoms with van der Waals surface area (Å²) in [6.45, 7) is 5.89. The second kappa shape index (κ2) is 22.6. The number of nitrogens with zero attached hydrogens (tertiary/aromatic N) is 4. The van der Waals surface area contributed by atoms with Crippen LogP contribution in [0.2, 0.25) is 5.02 Å². The van der Waals surface area contributed by atoms with Crippen LogP contribution in [0.1, 0.15) is 59.3 Å². The van der Waals surface area contributed by atoms with E-state index in [1.165, 1.54) is 17.8 Å². The Hall–Kier alpha value is -8.04. The summed E-state index contributed by atoms with van der Waals surface area (Å²) in [5.41, 5.74) is 16.1. The van der Waals surface area contributed by atoms with Crippen molar-refractivity contribution < 1.29 is 18.8 Å². The van der Waals surface area contributed by atoms with Gasteiger partial charge in [0.1, 0.15) is 5.82 Å². The van der Waals surface area contributed by atoms with Crippen molar-refractivity contribution in [3.05, 3.63) is 132 Å². The molecular weight excluding hydrogens is 893 g/mol. The van der Waals surface area contributed by atoms with Crippen molar-refractivity contribution in [2.24, 2.45) is 0 Å². The average molecular weight is 949 g/mol. The Kier molecular flexibility index (Phi) is 16.0. The third-order valence-corrected chi connectivity index (χ3v) is 11.4. The predicted molar refractivity (Wildman–Crippen MR) is 279 cm³/mol. The highest BCUT2D eigenvalue weighted by Crippen LogP contribution is 2.35. The van der Waals surface area contributed by atoms with Crippen molar-refractivity contribution in [1.82, 2.24) is 30.6 Å². The Labute approximate surface area is 404 Å². The van der Waals surface area contributed by atoms with E-state index >= 15 is 0 Å². The molecule has 0 aliphatic rings. The molecule has 16 heteroatoms. The first-order valence-corrected chi connectivity index (χ1v) is 23.1. The predicted octanol–water partition coefficient (Wildman–Crippen LogP) is 12.3. The van der Waals surface area contributed by atoms with Crippen molar-refractivity contribution >= 4 is 90.9 Å². The highest BCUT2D eigenvalue weighted by molar-refractivity contribution is 6.34. The maximum absolute atomic E-state index is 13.1. The van der Waals surface area contributed by atoms with Crippen LogP contribution >= 0.6 is 11.6 Å². The van der Waals surface area contributed by atoms with Crippen LogP contribution in [0.5, 0.6) is 0 Å². The topological polar surface area (TPSA) is 203 Å². The van der Waals surface area contributed by atoms with Gasteiger partial charge in [-0.3, -0.25) is 29.7 Å². The summed E-state index contributed by atoms with van der Waals surface area (Å²) in [4.78, 5) is 37.3. The monoisotopic (exact) mass is 947 g/mol. The van der Waals surface area contributed by atoms with E-state index in [4.69, 9.17) is 17.3 Å². The molecule has 0 atom stereocenters. The van der Waals surface area contributed by atoms with Gasteiger partial charge in [-0.05, 0) is 120 Å². The van der Waals surface area contributed by atoms with Gasteiger partial charge < -0.3 is 26.6 Å². The number of nitrogen functional groups attached to an aromatic ring is 1. The Morgan fingerprint density at radius 3 is 1.36 bits per heavy atom. The number of H-pyrrole nitrogens is 3. The maximum Gasteiger partial charge on any atom is 0.225 e. The first kappa shape index (κ1) is 48.9. The minimum Gasteiger partial charge on any atom is -0.399 e. The normalized spacial score (nSPS) is 10.8. The van der Waals surface area contributed by atoms with Crippen LogP contribution in [0.4, 0.5) is 33.2 Å². The van der Waals surface area contributed by atoms with Gasteiger partial charge >= 0.3 is 0 Å². The van der Waals surface area contributed by atoms with Crippen LogP contribution in [0, 0.1) is 5.82 Å². The zero-order valence-corrected chi connectivity index (χ0v) is 39.9. The summed E-state index contributed by atoms with van der Waals surface area (Å²) >= 11 is 6.31. The van der Waals surface area contributed by atoms with E-state index in [2.05, 4.69) is 87.8 Å². The summed E-state index contributed by atoms with van der Waals surface area (Å²) in [6.07, 6.45) is 3.84. The van der Waals surface area contributed by atoms with Gasteiger partial charge in [0.05, 0.1) is 21.6 Å².